The molecule has 0 amide bonds. The Morgan fingerprint density at radius 2 is 1.84 bits per heavy atom. The molecule has 0 aliphatic heterocycles. The van der Waals surface area contributed by atoms with Crippen LogP contribution in [0, 0.1) is 17.3 Å². The first kappa shape index (κ1) is 16.3. The molecule has 0 heterocycles. The van der Waals surface area contributed by atoms with Gasteiger partial charge in [0.2, 0.25) is 0 Å². The second-order valence-corrected chi connectivity index (χ2v) is 7.04. The number of nitrogens with one attached hydrogen (secondary N) is 1. The average Bonchev–Trinajstić information content (AvgIpc) is 2.32. The Balaban J connectivity index is 2.24. The Kier molecular flexibility index (Phi) is 6.11. The molecule has 4 N–H and O–H groups in total. The van der Waals surface area contributed by atoms with Crippen molar-refractivity contribution < 1.29 is 5.21 Å². The monoisotopic (exact) mass is 269 g/mol. The molecular weight excluding hydrogens is 238 g/mol. The average molecular weight is 269 g/mol. The van der Waals surface area contributed by atoms with Crippen LogP contribution in [0.4, 0.5) is 0 Å². The molecule has 4 heteroatoms. The molecule has 4 nitrogen and oxygen atoms in total. The minimum atomic E-state index is -0.219. The number of nitrogens with zero attached hydrogens (tertiary/aromatic N) is 1. The van der Waals surface area contributed by atoms with E-state index in [2.05, 4.69) is 24.3 Å². The normalized spacial score (nSPS) is 29.5. The largest absolute Gasteiger partial charge is 0.409 e. The summed E-state index contributed by atoms with van der Waals surface area (Å²) in [5.41, 5.74) is 5.47. The van der Waals surface area contributed by atoms with Gasteiger partial charge < -0.3 is 16.3 Å². The molecule has 2 atom stereocenters. The van der Waals surface area contributed by atoms with Gasteiger partial charge >= 0.3 is 0 Å². The summed E-state index contributed by atoms with van der Waals surface area (Å²) in [4.78, 5) is 0. The summed E-state index contributed by atoms with van der Waals surface area (Å²) in [7, 11) is 0. The van der Waals surface area contributed by atoms with Gasteiger partial charge in [-0.3, -0.25) is 0 Å². The van der Waals surface area contributed by atoms with E-state index in [9.17, 15) is 0 Å². The smallest absolute Gasteiger partial charge is 0.144 e. The van der Waals surface area contributed by atoms with Gasteiger partial charge in [-0.1, -0.05) is 32.9 Å². The third-order valence-electron chi connectivity index (χ3n) is 4.39. The van der Waals surface area contributed by atoms with E-state index in [1.165, 1.54) is 19.3 Å². The van der Waals surface area contributed by atoms with Crippen molar-refractivity contribution in [3.8, 4) is 0 Å². The number of hydrogen-bond acceptors (Lipinski definition) is 3. The highest BCUT2D eigenvalue weighted by molar-refractivity contribution is 5.85. The summed E-state index contributed by atoms with van der Waals surface area (Å²) in [6, 6.07) is 0.672. The van der Waals surface area contributed by atoms with Crippen LogP contribution in [0.3, 0.4) is 0 Å². The minimum Gasteiger partial charge on any atom is -0.409 e. The third kappa shape index (κ3) is 5.39. The molecule has 0 aromatic rings. The van der Waals surface area contributed by atoms with Gasteiger partial charge in [0, 0.05) is 11.5 Å². The van der Waals surface area contributed by atoms with Crippen LogP contribution in [-0.2, 0) is 0 Å². The summed E-state index contributed by atoms with van der Waals surface area (Å²) < 4.78 is 0. The molecule has 0 aromatic carbocycles. The lowest BCUT2D eigenvalue weighted by Gasteiger charge is -2.32. The third-order valence-corrected chi connectivity index (χ3v) is 4.39. The quantitative estimate of drug-likeness (QED) is 0.228. The van der Waals surface area contributed by atoms with Crippen molar-refractivity contribution in [3.05, 3.63) is 0 Å². The molecule has 1 aliphatic carbocycles. The molecule has 0 saturated heterocycles. The van der Waals surface area contributed by atoms with Crippen molar-refractivity contribution in [2.75, 3.05) is 6.54 Å². The molecular formula is C15H31N3O. The zero-order valence-electron chi connectivity index (χ0n) is 12.9. The van der Waals surface area contributed by atoms with Gasteiger partial charge in [0.05, 0.1) is 0 Å². The van der Waals surface area contributed by atoms with Crippen molar-refractivity contribution in [1.29, 1.82) is 0 Å². The molecule has 1 rings (SSSR count). The van der Waals surface area contributed by atoms with Crippen LogP contribution in [0.1, 0.15) is 59.8 Å². The molecule has 112 valence electrons. The fourth-order valence-corrected chi connectivity index (χ4v) is 3.21. The number of rotatable bonds is 6. The van der Waals surface area contributed by atoms with Crippen LogP contribution >= 0.6 is 0 Å². The van der Waals surface area contributed by atoms with E-state index in [1.807, 2.05) is 13.8 Å². The molecule has 2 unspecified atom stereocenters. The molecule has 1 fully saturated rings. The highest BCUT2D eigenvalue weighted by atomic mass is 16.4. The predicted molar refractivity (Wildman–Crippen MR) is 80.4 cm³/mol. The van der Waals surface area contributed by atoms with Crippen LogP contribution in [-0.4, -0.2) is 23.6 Å². The molecule has 1 aliphatic rings. The molecule has 0 bridgehead atoms. The van der Waals surface area contributed by atoms with Gasteiger partial charge in [0.1, 0.15) is 5.84 Å². The highest BCUT2D eigenvalue weighted by Crippen LogP contribution is 2.28. The Hall–Kier alpha value is -0.770. The first-order valence-electron chi connectivity index (χ1n) is 7.56. The molecule has 0 aromatic heterocycles. The van der Waals surface area contributed by atoms with E-state index in [0.29, 0.717) is 11.9 Å². The SMILES string of the molecule is CC1CC(C)CC(NCCCC(C)(C)C(N)=NO)C1. The first-order valence-corrected chi connectivity index (χ1v) is 7.56. The molecule has 1 saturated carbocycles. The standard InChI is InChI=1S/C15H31N3O/c1-11-8-12(2)10-13(9-11)17-7-5-6-15(3,4)14(16)18-19/h11-13,17,19H,5-10H2,1-4H3,(H2,16,18). The van der Waals surface area contributed by atoms with Crippen LogP contribution in [0.2, 0.25) is 0 Å². The van der Waals surface area contributed by atoms with Gasteiger partial charge in [-0.2, -0.15) is 0 Å². The van der Waals surface area contributed by atoms with Gasteiger partial charge in [-0.15, -0.1) is 0 Å². The van der Waals surface area contributed by atoms with Crippen molar-refractivity contribution in [3.63, 3.8) is 0 Å². The van der Waals surface area contributed by atoms with Crippen LogP contribution < -0.4 is 11.1 Å². The molecule has 0 spiro atoms. The highest BCUT2D eigenvalue weighted by Gasteiger charge is 2.25. The van der Waals surface area contributed by atoms with E-state index in [4.69, 9.17) is 10.9 Å². The summed E-state index contributed by atoms with van der Waals surface area (Å²) >= 11 is 0. The summed E-state index contributed by atoms with van der Waals surface area (Å²) in [5.74, 6) is 2.01. The van der Waals surface area contributed by atoms with Crippen molar-refractivity contribution in [2.45, 2.75) is 65.8 Å². The second kappa shape index (κ2) is 7.13. The van der Waals surface area contributed by atoms with Gasteiger partial charge in [-0.05, 0) is 50.5 Å². The van der Waals surface area contributed by atoms with Crippen LogP contribution in [0.25, 0.3) is 0 Å². The van der Waals surface area contributed by atoms with E-state index >= 15 is 0 Å². The second-order valence-electron chi connectivity index (χ2n) is 7.04. The van der Waals surface area contributed by atoms with Gasteiger partial charge in [0.25, 0.3) is 0 Å². The fraction of sp³-hybridized carbons (Fsp3) is 0.933. The zero-order chi connectivity index (χ0) is 14.5. The summed E-state index contributed by atoms with van der Waals surface area (Å²) in [5, 5.41) is 15.5. The van der Waals surface area contributed by atoms with Crippen molar-refractivity contribution >= 4 is 5.84 Å². The maximum absolute atomic E-state index is 8.74. The number of oxime groups is 1. The maximum atomic E-state index is 8.74. The zero-order valence-corrected chi connectivity index (χ0v) is 12.9. The lowest BCUT2D eigenvalue weighted by Crippen LogP contribution is -2.38. The Bertz CT molecular complexity index is 292. The molecule has 19 heavy (non-hydrogen) atoms. The first-order chi connectivity index (χ1) is 8.85. The lowest BCUT2D eigenvalue weighted by atomic mass is 9.80. The molecule has 0 radical (unpaired) electrons. The topological polar surface area (TPSA) is 70.6 Å². The Labute approximate surface area is 117 Å². The summed E-state index contributed by atoms with van der Waals surface area (Å²) in [6.45, 7) is 9.77. The minimum absolute atomic E-state index is 0.219. The van der Waals surface area contributed by atoms with E-state index in [-0.39, 0.29) is 5.41 Å². The van der Waals surface area contributed by atoms with Crippen molar-refractivity contribution in [1.82, 2.24) is 5.32 Å². The number of nitrogens with two attached hydrogens (primary N) is 1. The van der Waals surface area contributed by atoms with Crippen molar-refractivity contribution in [2.24, 2.45) is 28.1 Å². The predicted octanol–water partition coefficient (Wildman–Crippen LogP) is 2.95. The number of amidine groups is 1. The summed E-state index contributed by atoms with van der Waals surface area (Å²) in [6.07, 6.45) is 5.97. The maximum Gasteiger partial charge on any atom is 0.144 e. The van der Waals surface area contributed by atoms with Crippen LogP contribution in [0.15, 0.2) is 5.16 Å². The Morgan fingerprint density at radius 3 is 2.37 bits per heavy atom. The van der Waals surface area contributed by atoms with Gasteiger partial charge in [0.15, 0.2) is 0 Å². The van der Waals surface area contributed by atoms with E-state index < -0.39 is 0 Å². The van der Waals surface area contributed by atoms with Gasteiger partial charge in [-0.25, -0.2) is 0 Å². The number of hydrogen-bond donors (Lipinski definition) is 3. The van der Waals surface area contributed by atoms with E-state index in [0.717, 1.165) is 31.2 Å². The van der Waals surface area contributed by atoms with E-state index in [1.54, 1.807) is 0 Å². The lowest BCUT2D eigenvalue weighted by molar-refractivity contribution is 0.237. The fourth-order valence-electron chi connectivity index (χ4n) is 3.21. The Morgan fingerprint density at radius 1 is 1.26 bits per heavy atom. The van der Waals surface area contributed by atoms with Crippen LogP contribution in [0.5, 0.6) is 0 Å².